The molecule has 2 unspecified atom stereocenters. The largest absolute Gasteiger partial charge is 0.507 e. The van der Waals surface area contributed by atoms with Gasteiger partial charge >= 0.3 is 5.97 Å². The van der Waals surface area contributed by atoms with Gasteiger partial charge in [0.25, 0.3) is 0 Å². The number of likely N-dealkylation sites (N-methyl/N-ethyl adjacent to an activating group) is 1. The first-order valence-electron chi connectivity index (χ1n) is 17.4. The van der Waals surface area contributed by atoms with Crippen molar-refractivity contribution in [3.05, 3.63) is 45.0 Å². The molecule has 0 saturated carbocycles. The first kappa shape index (κ1) is 38.3. The number of amides is 2. The number of benzene rings is 2. The van der Waals surface area contributed by atoms with Crippen molar-refractivity contribution in [3.63, 3.8) is 0 Å². The molecule has 4 aliphatic rings. The van der Waals surface area contributed by atoms with E-state index in [1.54, 1.807) is 13.8 Å². The molecule has 2 aromatic rings. The fourth-order valence-electron chi connectivity index (χ4n) is 8.34. The van der Waals surface area contributed by atoms with Gasteiger partial charge in [0, 0.05) is 97.8 Å². The van der Waals surface area contributed by atoms with E-state index in [0.717, 1.165) is 22.3 Å². The van der Waals surface area contributed by atoms with Crippen LogP contribution in [0, 0.1) is 76.2 Å². The molecule has 13 heteroatoms. The van der Waals surface area contributed by atoms with Gasteiger partial charge in [0.2, 0.25) is 18.6 Å². The van der Waals surface area contributed by atoms with Crippen molar-refractivity contribution in [2.24, 2.45) is 0 Å². The monoisotopic (exact) mass is 900 g/mol. The fourth-order valence-corrected chi connectivity index (χ4v) is 8.34. The van der Waals surface area contributed by atoms with Crippen molar-refractivity contribution >= 4 is 17.8 Å². The Labute approximate surface area is 329 Å². The third kappa shape index (κ3) is 6.51. The minimum Gasteiger partial charge on any atom is -0.507 e. The molecule has 1 saturated heterocycles. The SMILES string of the molecule is CCCC(=O)NC(C)C(=O)NC[C@H]1c2c(c(O)c(C)c3c2OCO3)CC2[C@@H]3c4c(cc(C)c(C)c4OC(=O)CCC)C[C@@H]([C@H](C#N)N21)N3C.[Ac]. The van der Waals surface area contributed by atoms with Crippen molar-refractivity contribution in [2.45, 2.75) is 116 Å². The van der Waals surface area contributed by atoms with Gasteiger partial charge in [0.1, 0.15) is 23.6 Å². The molecule has 3 N–H and O–H groups in total. The standard InChI is InChI=1S/C37H47N5O7.Ac/c1-8-10-28(43)40-21(6)37(46)39-16-27-31-23(33(45)20(5)35-36(31)48-17-47-35)14-25-32-30-22(13-24(41(32)7)26(15-38)42(25)27)12-18(3)19(4)34(30)49-29(44)11-9-2;/h12,21,24-27,32,45H,8-11,13-14,16-17H2,1-7H3,(H,39,46)(H,40,43);/t21?,24-,25?,26-,27-,32+;/m0./s1. The maximum atomic E-state index is 13.4. The van der Waals surface area contributed by atoms with Gasteiger partial charge in [-0.3, -0.25) is 24.2 Å². The third-order valence-electron chi connectivity index (χ3n) is 10.8. The van der Waals surface area contributed by atoms with Crippen LogP contribution in [-0.4, -0.2) is 77.2 Å². The number of ether oxygens (including phenoxy) is 3. The van der Waals surface area contributed by atoms with Crippen molar-refractivity contribution in [1.82, 2.24) is 20.4 Å². The molecule has 50 heavy (non-hydrogen) atoms. The summed E-state index contributed by atoms with van der Waals surface area (Å²) in [7, 11) is 2.02. The van der Waals surface area contributed by atoms with E-state index in [1.165, 1.54) is 0 Å². The maximum absolute atomic E-state index is 13.4. The number of hydrogen-bond donors (Lipinski definition) is 3. The van der Waals surface area contributed by atoms with Crippen LogP contribution >= 0.6 is 0 Å². The number of aromatic hydroxyl groups is 1. The molecule has 2 aromatic carbocycles. The Morgan fingerprint density at radius 3 is 2.44 bits per heavy atom. The quantitative estimate of drug-likeness (QED) is 0.249. The van der Waals surface area contributed by atoms with Gasteiger partial charge in [-0.25, -0.2) is 0 Å². The summed E-state index contributed by atoms with van der Waals surface area (Å²) in [5, 5.41) is 28.4. The van der Waals surface area contributed by atoms with E-state index in [4.69, 9.17) is 14.2 Å². The minimum absolute atomic E-state index is 0. The molecule has 6 atom stereocenters. The summed E-state index contributed by atoms with van der Waals surface area (Å²) in [6.45, 7) is 11.3. The van der Waals surface area contributed by atoms with Crippen LogP contribution < -0.4 is 24.8 Å². The van der Waals surface area contributed by atoms with Gasteiger partial charge in [-0.1, -0.05) is 19.9 Å². The summed E-state index contributed by atoms with van der Waals surface area (Å²) in [4.78, 5) is 43.1. The fraction of sp³-hybridized carbons (Fsp3) is 0.568. The van der Waals surface area contributed by atoms with E-state index in [9.17, 15) is 24.8 Å². The van der Waals surface area contributed by atoms with Crippen LogP contribution in [0.25, 0.3) is 0 Å². The normalized spacial score (nSPS) is 23.7. The van der Waals surface area contributed by atoms with Crippen molar-refractivity contribution < 1.29 is 77.8 Å². The molecule has 2 bridgehead atoms. The Morgan fingerprint density at radius 1 is 1.06 bits per heavy atom. The Morgan fingerprint density at radius 2 is 1.76 bits per heavy atom. The summed E-state index contributed by atoms with van der Waals surface area (Å²) < 4.78 is 18.0. The number of carbonyl (C=O) groups excluding carboxylic acids is 3. The average Bonchev–Trinajstić information content (AvgIpc) is 3.55. The number of piperazine rings is 1. The van der Waals surface area contributed by atoms with Gasteiger partial charge in [0.15, 0.2) is 11.5 Å². The van der Waals surface area contributed by atoms with Crippen molar-refractivity contribution in [2.75, 3.05) is 20.4 Å². The number of phenolic OH excluding ortho intramolecular Hbond substituents is 1. The molecule has 2 amide bonds. The van der Waals surface area contributed by atoms with E-state index in [-0.39, 0.29) is 99.1 Å². The number of nitrogens with one attached hydrogen (secondary N) is 2. The summed E-state index contributed by atoms with van der Waals surface area (Å²) in [5.74, 6) is 0.777. The zero-order valence-electron chi connectivity index (χ0n) is 30.0. The number of rotatable bonds is 9. The van der Waals surface area contributed by atoms with Crippen molar-refractivity contribution in [3.8, 4) is 29.1 Å². The van der Waals surface area contributed by atoms with E-state index in [2.05, 4.69) is 32.6 Å². The second kappa shape index (κ2) is 15.4. The Kier molecular flexibility index (Phi) is 11.8. The van der Waals surface area contributed by atoms with E-state index >= 15 is 0 Å². The summed E-state index contributed by atoms with van der Waals surface area (Å²) in [6.07, 6.45) is 2.89. The number of aryl methyl sites for hydroxylation is 1. The number of carbonyl (C=O) groups is 3. The van der Waals surface area contributed by atoms with Gasteiger partial charge < -0.3 is 30.0 Å². The number of nitriles is 1. The van der Waals surface area contributed by atoms with E-state index < -0.39 is 18.1 Å². The van der Waals surface area contributed by atoms with Crippen LogP contribution in [-0.2, 0) is 27.2 Å². The van der Waals surface area contributed by atoms with Gasteiger partial charge in [0.05, 0.1) is 18.2 Å². The Hall–Kier alpha value is -2.90. The van der Waals surface area contributed by atoms with E-state index in [0.29, 0.717) is 72.5 Å². The van der Waals surface area contributed by atoms with Crippen molar-refractivity contribution in [1.29, 1.82) is 5.26 Å². The molecule has 4 heterocycles. The number of esters is 1. The van der Waals surface area contributed by atoms with Gasteiger partial charge in [-0.05, 0) is 77.1 Å². The first-order chi connectivity index (χ1) is 23.4. The van der Waals surface area contributed by atoms with Gasteiger partial charge in [-0.2, -0.15) is 5.26 Å². The average molecular weight is 901 g/mol. The second-order valence-electron chi connectivity index (χ2n) is 13.8. The molecule has 6 rings (SSSR count). The summed E-state index contributed by atoms with van der Waals surface area (Å²) in [5.41, 5.74) is 5.82. The molecule has 1 fully saturated rings. The predicted molar refractivity (Wildman–Crippen MR) is 180 cm³/mol. The van der Waals surface area contributed by atoms with Crippen LogP contribution in [0.15, 0.2) is 6.07 Å². The molecule has 1 radical (unpaired) electrons. The number of hydrogen-bond acceptors (Lipinski definition) is 10. The first-order valence-corrected chi connectivity index (χ1v) is 17.4. The molecule has 0 spiro atoms. The number of phenols is 1. The zero-order valence-corrected chi connectivity index (χ0v) is 34.8. The predicted octanol–water partition coefficient (Wildman–Crippen LogP) is 3.94. The Balaban J connectivity index is 0.00000486. The van der Waals surface area contributed by atoms with Crippen LogP contribution in [0.1, 0.15) is 97.5 Å². The summed E-state index contributed by atoms with van der Waals surface area (Å²) in [6, 6.07) is 1.96. The van der Waals surface area contributed by atoms with Crippen LogP contribution in [0.3, 0.4) is 0 Å². The summed E-state index contributed by atoms with van der Waals surface area (Å²) >= 11 is 0. The molecule has 4 aliphatic heterocycles. The third-order valence-corrected chi connectivity index (χ3v) is 10.8. The zero-order chi connectivity index (χ0) is 35.3. The molecule has 265 valence electrons. The van der Waals surface area contributed by atoms with Crippen LogP contribution in [0.2, 0.25) is 0 Å². The number of fused-ring (bicyclic) bond motifs is 9. The molecular formula is C37H47AcN5O7. The van der Waals surface area contributed by atoms with Crippen LogP contribution in [0.5, 0.6) is 23.0 Å². The smallest absolute Gasteiger partial charge is 0.311 e. The topological polar surface area (TPSA) is 153 Å². The minimum atomic E-state index is -0.772. The van der Waals surface area contributed by atoms with E-state index in [1.807, 2.05) is 34.7 Å². The second-order valence-corrected chi connectivity index (χ2v) is 13.8. The van der Waals surface area contributed by atoms with Crippen LogP contribution in [0.4, 0.5) is 0 Å². The molecular weight excluding hydrogens is 853 g/mol. The Bertz CT molecular complexity index is 1740. The number of nitrogens with zero attached hydrogens (tertiary/aromatic N) is 3. The van der Waals surface area contributed by atoms with Gasteiger partial charge in [-0.15, -0.1) is 0 Å². The molecule has 0 aliphatic carbocycles. The maximum Gasteiger partial charge on any atom is 0.311 e. The molecule has 12 nitrogen and oxygen atoms in total. The molecule has 0 aromatic heterocycles.